The minimum Gasteiger partial charge on any atom is -0.330 e. The van der Waals surface area contributed by atoms with Crippen molar-refractivity contribution in [2.45, 2.75) is 32.2 Å². The maximum absolute atomic E-state index is 10.5. The molecule has 0 spiro atoms. The largest absolute Gasteiger partial charge is 0.330 e. The molecule has 0 aromatic heterocycles. The van der Waals surface area contributed by atoms with Crippen molar-refractivity contribution in [1.29, 1.82) is 0 Å². The van der Waals surface area contributed by atoms with Crippen molar-refractivity contribution in [2.75, 3.05) is 6.54 Å². The van der Waals surface area contributed by atoms with Gasteiger partial charge in [0.25, 0.3) is 0 Å². The number of nitrogens with two attached hydrogens (primary N) is 2. The van der Waals surface area contributed by atoms with Crippen molar-refractivity contribution >= 4 is 5.78 Å². The number of carbonyl (C=O) groups is 1. The number of hydrogen-bond donors (Lipinski definition) is 2. The van der Waals surface area contributed by atoms with Crippen molar-refractivity contribution in [3.63, 3.8) is 0 Å². The van der Waals surface area contributed by atoms with Gasteiger partial charge in [0.2, 0.25) is 0 Å². The maximum atomic E-state index is 10.5. The molecule has 3 nitrogen and oxygen atoms in total. The van der Waals surface area contributed by atoms with Crippen LogP contribution in [0.2, 0.25) is 0 Å². The average molecular weight is 144 g/mol. The fourth-order valence-electron chi connectivity index (χ4n) is 0.747. The summed E-state index contributed by atoms with van der Waals surface area (Å²) in [5.74, 6) is 0.201. The topological polar surface area (TPSA) is 69.1 Å². The van der Waals surface area contributed by atoms with Gasteiger partial charge in [-0.1, -0.05) is 0 Å². The molecule has 0 aliphatic carbocycles. The zero-order valence-electron chi connectivity index (χ0n) is 6.47. The highest BCUT2D eigenvalue weighted by molar-refractivity contribution is 5.75. The van der Waals surface area contributed by atoms with Gasteiger partial charge >= 0.3 is 0 Å². The highest BCUT2D eigenvalue weighted by Crippen LogP contribution is 1.97. The second kappa shape index (κ2) is 5.38. The van der Waals surface area contributed by atoms with E-state index in [1.807, 2.05) is 0 Å². The Kier molecular flexibility index (Phi) is 5.16. The Bertz CT molecular complexity index is 104. The van der Waals surface area contributed by atoms with Crippen molar-refractivity contribution in [3.8, 4) is 0 Å². The van der Waals surface area contributed by atoms with E-state index < -0.39 is 0 Å². The molecule has 1 atom stereocenters. The highest BCUT2D eigenvalue weighted by atomic mass is 16.1. The molecule has 0 saturated carbocycles. The number of rotatable bonds is 5. The SMILES string of the molecule is CC(=O)CC[C@H](N)CCN. The number of hydrogen-bond acceptors (Lipinski definition) is 3. The molecule has 0 fully saturated rings. The molecule has 0 aromatic rings. The summed E-state index contributed by atoms with van der Waals surface area (Å²) in [6.07, 6.45) is 2.17. The Balaban J connectivity index is 3.21. The second-order valence-electron chi connectivity index (χ2n) is 2.58. The van der Waals surface area contributed by atoms with Gasteiger partial charge < -0.3 is 16.3 Å². The van der Waals surface area contributed by atoms with Gasteiger partial charge in [-0.15, -0.1) is 0 Å². The third kappa shape index (κ3) is 5.72. The van der Waals surface area contributed by atoms with Crippen LogP contribution >= 0.6 is 0 Å². The summed E-state index contributed by atoms with van der Waals surface area (Å²) in [7, 11) is 0. The molecule has 0 aliphatic rings. The zero-order chi connectivity index (χ0) is 7.98. The monoisotopic (exact) mass is 144 g/mol. The molecule has 0 aliphatic heterocycles. The summed E-state index contributed by atoms with van der Waals surface area (Å²) >= 11 is 0. The first kappa shape index (κ1) is 9.59. The third-order valence-corrected chi connectivity index (χ3v) is 1.40. The highest BCUT2D eigenvalue weighted by Gasteiger charge is 2.01. The van der Waals surface area contributed by atoms with Gasteiger partial charge in [-0.25, -0.2) is 0 Å². The first-order valence-corrected chi connectivity index (χ1v) is 3.62. The summed E-state index contributed by atoms with van der Waals surface area (Å²) in [6, 6.07) is 0.105. The molecule has 0 unspecified atom stereocenters. The first-order chi connectivity index (χ1) is 4.66. The van der Waals surface area contributed by atoms with Crippen LogP contribution in [0.3, 0.4) is 0 Å². The molecule has 0 heterocycles. The van der Waals surface area contributed by atoms with E-state index in [-0.39, 0.29) is 11.8 Å². The van der Waals surface area contributed by atoms with E-state index in [1.165, 1.54) is 0 Å². The summed E-state index contributed by atoms with van der Waals surface area (Å²) in [6.45, 7) is 2.19. The van der Waals surface area contributed by atoms with Crippen molar-refractivity contribution in [1.82, 2.24) is 0 Å². The Hall–Kier alpha value is -0.410. The average Bonchev–Trinajstić information content (AvgIpc) is 1.85. The van der Waals surface area contributed by atoms with Crippen LogP contribution in [-0.2, 0) is 4.79 Å². The predicted molar refractivity (Wildman–Crippen MR) is 41.6 cm³/mol. The van der Waals surface area contributed by atoms with Crippen molar-refractivity contribution in [2.24, 2.45) is 11.5 Å². The lowest BCUT2D eigenvalue weighted by Gasteiger charge is -2.07. The lowest BCUT2D eigenvalue weighted by Crippen LogP contribution is -2.24. The quantitative estimate of drug-likeness (QED) is 0.572. The lowest BCUT2D eigenvalue weighted by molar-refractivity contribution is -0.117. The van der Waals surface area contributed by atoms with Crippen LogP contribution in [0.15, 0.2) is 0 Å². The molecule has 4 N–H and O–H groups in total. The summed E-state index contributed by atoms with van der Waals surface area (Å²) < 4.78 is 0. The van der Waals surface area contributed by atoms with E-state index in [0.717, 1.165) is 12.8 Å². The molecule has 3 heteroatoms. The Morgan fingerprint density at radius 2 is 2.10 bits per heavy atom. The molecule has 0 amide bonds. The van der Waals surface area contributed by atoms with Gasteiger partial charge in [0.05, 0.1) is 0 Å². The lowest BCUT2D eigenvalue weighted by atomic mass is 10.1. The fraction of sp³-hybridized carbons (Fsp3) is 0.857. The van der Waals surface area contributed by atoms with Crippen LogP contribution in [0.1, 0.15) is 26.2 Å². The summed E-state index contributed by atoms with van der Waals surface area (Å²) in [4.78, 5) is 10.5. The fourth-order valence-corrected chi connectivity index (χ4v) is 0.747. The van der Waals surface area contributed by atoms with Crippen molar-refractivity contribution < 1.29 is 4.79 Å². The van der Waals surface area contributed by atoms with E-state index in [4.69, 9.17) is 11.5 Å². The van der Waals surface area contributed by atoms with Gasteiger partial charge in [-0.05, 0) is 26.3 Å². The Morgan fingerprint density at radius 1 is 1.50 bits per heavy atom. The third-order valence-electron chi connectivity index (χ3n) is 1.40. The van der Waals surface area contributed by atoms with Gasteiger partial charge in [-0.3, -0.25) is 0 Å². The molecule has 60 valence electrons. The van der Waals surface area contributed by atoms with Crippen LogP contribution in [-0.4, -0.2) is 18.4 Å². The van der Waals surface area contributed by atoms with Gasteiger partial charge in [0, 0.05) is 12.5 Å². The molecule has 0 rings (SSSR count). The van der Waals surface area contributed by atoms with Crippen LogP contribution in [0, 0.1) is 0 Å². The molecule has 0 bridgehead atoms. The number of Topliss-reactive ketones (excluding diaryl/α,β-unsaturated/α-hetero) is 1. The number of ketones is 1. The minimum atomic E-state index is 0.105. The van der Waals surface area contributed by atoms with Gasteiger partial charge in [-0.2, -0.15) is 0 Å². The second-order valence-corrected chi connectivity index (χ2v) is 2.58. The van der Waals surface area contributed by atoms with Crippen LogP contribution in [0.5, 0.6) is 0 Å². The summed E-state index contributed by atoms with van der Waals surface area (Å²) in [5.41, 5.74) is 10.9. The normalized spacial score (nSPS) is 13.1. The number of carbonyl (C=O) groups excluding carboxylic acids is 1. The molecular formula is C7H16N2O. The molecule has 10 heavy (non-hydrogen) atoms. The zero-order valence-corrected chi connectivity index (χ0v) is 6.47. The van der Waals surface area contributed by atoms with E-state index in [0.29, 0.717) is 13.0 Å². The molecular weight excluding hydrogens is 128 g/mol. The maximum Gasteiger partial charge on any atom is 0.129 e. The smallest absolute Gasteiger partial charge is 0.129 e. The van der Waals surface area contributed by atoms with Gasteiger partial charge in [0.1, 0.15) is 5.78 Å². The Labute approximate surface area is 61.8 Å². The van der Waals surface area contributed by atoms with E-state index in [9.17, 15) is 4.79 Å². The molecule has 0 radical (unpaired) electrons. The van der Waals surface area contributed by atoms with Gasteiger partial charge in [0.15, 0.2) is 0 Å². The van der Waals surface area contributed by atoms with Crippen LogP contribution < -0.4 is 11.5 Å². The van der Waals surface area contributed by atoms with Crippen molar-refractivity contribution in [3.05, 3.63) is 0 Å². The van der Waals surface area contributed by atoms with E-state index in [2.05, 4.69) is 0 Å². The molecule has 0 saturated heterocycles. The molecule has 0 aromatic carbocycles. The standard InChI is InChI=1S/C7H16N2O/c1-6(10)2-3-7(9)4-5-8/h7H,2-5,8-9H2,1H3/t7-/m0/s1. The van der Waals surface area contributed by atoms with Crippen LogP contribution in [0.25, 0.3) is 0 Å². The minimum absolute atomic E-state index is 0.105. The van der Waals surface area contributed by atoms with Crippen LogP contribution in [0.4, 0.5) is 0 Å². The summed E-state index contributed by atoms with van der Waals surface area (Å²) in [5, 5.41) is 0. The van der Waals surface area contributed by atoms with E-state index >= 15 is 0 Å². The Morgan fingerprint density at radius 3 is 2.50 bits per heavy atom. The predicted octanol–water partition coefficient (Wildman–Crippen LogP) is 0.0317. The first-order valence-electron chi connectivity index (χ1n) is 3.62. The van der Waals surface area contributed by atoms with E-state index in [1.54, 1.807) is 6.92 Å².